The molecule has 1 aromatic carbocycles. The molecule has 7 nitrogen and oxygen atoms in total. The highest BCUT2D eigenvalue weighted by atomic mass is 79.9. The Balaban J connectivity index is 1.46. The summed E-state index contributed by atoms with van der Waals surface area (Å²) in [6, 6.07) is 10.0. The SMILES string of the molecule is N#Cc1cccc(CN2CCN(c3ncnc4n[nH]c(Br)c34)CC2)c1. The van der Waals surface area contributed by atoms with Gasteiger partial charge in [0, 0.05) is 32.7 Å². The molecule has 0 amide bonds. The molecular formula is C17H16BrN7. The first kappa shape index (κ1) is 16.0. The van der Waals surface area contributed by atoms with Gasteiger partial charge >= 0.3 is 0 Å². The van der Waals surface area contributed by atoms with Gasteiger partial charge in [0.05, 0.1) is 17.0 Å². The van der Waals surface area contributed by atoms with Crippen molar-refractivity contribution in [3.05, 3.63) is 46.3 Å². The molecule has 1 aliphatic rings. The summed E-state index contributed by atoms with van der Waals surface area (Å²) in [5, 5.41) is 17.0. The number of anilines is 1. The van der Waals surface area contributed by atoms with Crippen LogP contribution in [0.4, 0.5) is 5.82 Å². The topological polar surface area (TPSA) is 84.7 Å². The minimum Gasteiger partial charge on any atom is -0.353 e. The zero-order chi connectivity index (χ0) is 17.2. The molecular weight excluding hydrogens is 382 g/mol. The van der Waals surface area contributed by atoms with E-state index in [-0.39, 0.29) is 0 Å². The fraction of sp³-hybridized carbons (Fsp3) is 0.294. The molecule has 0 spiro atoms. The molecule has 25 heavy (non-hydrogen) atoms. The van der Waals surface area contributed by atoms with Crippen molar-refractivity contribution in [1.29, 1.82) is 5.26 Å². The van der Waals surface area contributed by atoms with Crippen LogP contribution < -0.4 is 4.90 Å². The van der Waals surface area contributed by atoms with Crippen LogP contribution in [0.2, 0.25) is 0 Å². The Morgan fingerprint density at radius 3 is 2.84 bits per heavy atom. The molecule has 0 unspecified atom stereocenters. The third-order valence-electron chi connectivity index (χ3n) is 4.42. The third-order valence-corrected chi connectivity index (χ3v) is 4.99. The van der Waals surface area contributed by atoms with Gasteiger partial charge in [0.15, 0.2) is 5.65 Å². The number of fused-ring (bicyclic) bond motifs is 1. The minimum atomic E-state index is 0.674. The van der Waals surface area contributed by atoms with Crippen LogP contribution in [-0.4, -0.2) is 51.2 Å². The number of nitrogens with one attached hydrogen (secondary N) is 1. The number of halogens is 1. The summed E-state index contributed by atoms with van der Waals surface area (Å²) < 4.78 is 0.814. The van der Waals surface area contributed by atoms with E-state index < -0.39 is 0 Å². The molecule has 3 heterocycles. The molecule has 3 aromatic rings. The molecule has 0 saturated carbocycles. The van der Waals surface area contributed by atoms with E-state index in [1.54, 1.807) is 6.33 Å². The van der Waals surface area contributed by atoms with E-state index in [9.17, 15) is 0 Å². The van der Waals surface area contributed by atoms with Crippen LogP contribution in [-0.2, 0) is 6.54 Å². The van der Waals surface area contributed by atoms with Gasteiger partial charge in [0.1, 0.15) is 16.7 Å². The number of hydrogen-bond donors (Lipinski definition) is 1. The summed E-state index contributed by atoms with van der Waals surface area (Å²) in [5.74, 6) is 0.914. The monoisotopic (exact) mass is 397 g/mol. The van der Waals surface area contributed by atoms with Crippen LogP contribution in [0.3, 0.4) is 0 Å². The second kappa shape index (κ2) is 6.78. The fourth-order valence-electron chi connectivity index (χ4n) is 3.16. The lowest BCUT2D eigenvalue weighted by molar-refractivity contribution is 0.249. The number of hydrogen-bond acceptors (Lipinski definition) is 6. The number of piperazine rings is 1. The molecule has 2 aromatic heterocycles. The van der Waals surface area contributed by atoms with Gasteiger partial charge in [0.2, 0.25) is 0 Å². The Bertz CT molecular complexity index is 938. The predicted octanol–water partition coefficient (Wildman–Crippen LogP) is 2.31. The van der Waals surface area contributed by atoms with Gasteiger partial charge in [-0.1, -0.05) is 12.1 Å². The van der Waals surface area contributed by atoms with Crippen molar-refractivity contribution in [2.75, 3.05) is 31.1 Å². The lowest BCUT2D eigenvalue weighted by Gasteiger charge is -2.35. The second-order valence-electron chi connectivity index (χ2n) is 6.01. The van der Waals surface area contributed by atoms with Crippen molar-refractivity contribution >= 4 is 32.8 Å². The summed E-state index contributed by atoms with van der Waals surface area (Å²) in [7, 11) is 0. The quantitative estimate of drug-likeness (QED) is 0.729. The maximum atomic E-state index is 9.03. The molecule has 1 aliphatic heterocycles. The van der Waals surface area contributed by atoms with Crippen LogP contribution in [0.5, 0.6) is 0 Å². The molecule has 1 fully saturated rings. The van der Waals surface area contributed by atoms with Crippen LogP contribution in [0, 0.1) is 11.3 Å². The normalized spacial score (nSPS) is 15.4. The largest absolute Gasteiger partial charge is 0.353 e. The number of H-pyrrole nitrogens is 1. The molecule has 1 saturated heterocycles. The zero-order valence-corrected chi connectivity index (χ0v) is 15.1. The smallest absolute Gasteiger partial charge is 0.187 e. The minimum absolute atomic E-state index is 0.674. The van der Waals surface area contributed by atoms with Crippen LogP contribution in [0.1, 0.15) is 11.1 Å². The van der Waals surface area contributed by atoms with E-state index >= 15 is 0 Å². The van der Waals surface area contributed by atoms with E-state index in [0.717, 1.165) is 48.5 Å². The van der Waals surface area contributed by atoms with Crippen LogP contribution in [0.25, 0.3) is 11.0 Å². The highest BCUT2D eigenvalue weighted by Gasteiger charge is 2.22. The van der Waals surface area contributed by atoms with E-state index in [4.69, 9.17) is 5.26 Å². The molecule has 0 aliphatic carbocycles. The number of benzene rings is 1. The van der Waals surface area contributed by atoms with Gasteiger partial charge in [-0.05, 0) is 33.6 Å². The summed E-state index contributed by atoms with van der Waals surface area (Å²) in [6.45, 7) is 4.52. The van der Waals surface area contributed by atoms with Crippen LogP contribution in [0.15, 0.2) is 35.2 Å². The molecule has 8 heteroatoms. The van der Waals surface area contributed by atoms with E-state index in [0.29, 0.717) is 11.2 Å². The summed E-state index contributed by atoms with van der Waals surface area (Å²) in [6.07, 6.45) is 1.56. The second-order valence-corrected chi connectivity index (χ2v) is 6.80. The zero-order valence-electron chi connectivity index (χ0n) is 13.5. The molecule has 0 atom stereocenters. The highest BCUT2D eigenvalue weighted by Crippen LogP contribution is 2.28. The van der Waals surface area contributed by atoms with E-state index in [1.807, 2.05) is 18.2 Å². The average molecular weight is 398 g/mol. The first-order chi connectivity index (χ1) is 12.2. The van der Waals surface area contributed by atoms with Gasteiger partial charge in [-0.15, -0.1) is 0 Å². The molecule has 1 N–H and O–H groups in total. The number of aromatic amines is 1. The Hall–Kier alpha value is -2.50. The molecule has 4 rings (SSSR count). The van der Waals surface area contributed by atoms with Crippen LogP contribution >= 0.6 is 15.9 Å². The first-order valence-electron chi connectivity index (χ1n) is 8.05. The summed E-state index contributed by atoms with van der Waals surface area (Å²) >= 11 is 3.49. The number of nitriles is 1. The lowest BCUT2D eigenvalue weighted by Crippen LogP contribution is -2.46. The summed E-state index contributed by atoms with van der Waals surface area (Å²) in [5.41, 5.74) is 2.56. The van der Waals surface area contributed by atoms with Crippen molar-refractivity contribution in [1.82, 2.24) is 25.1 Å². The first-order valence-corrected chi connectivity index (χ1v) is 8.85. The lowest BCUT2D eigenvalue weighted by atomic mass is 10.1. The molecule has 126 valence electrons. The molecule has 0 radical (unpaired) electrons. The standard InChI is InChI=1S/C17H16BrN7/c18-15-14-16(23-22-15)20-11-21-17(14)25-6-4-24(5-7-25)10-13-3-1-2-12(8-13)9-19/h1-3,8,11H,4-7,10H2,(H,20,21,22,23). The maximum absolute atomic E-state index is 9.03. The van der Waals surface area contributed by atoms with Crippen molar-refractivity contribution in [2.45, 2.75) is 6.54 Å². The van der Waals surface area contributed by atoms with Gasteiger partial charge in [-0.2, -0.15) is 10.4 Å². The van der Waals surface area contributed by atoms with Gasteiger partial charge in [-0.3, -0.25) is 10.00 Å². The van der Waals surface area contributed by atoms with Crippen molar-refractivity contribution in [3.8, 4) is 6.07 Å². The number of rotatable bonds is 3. The Morgan fingerprint density at radius 2 is 2.04 bits per heavy atom. The van der Waals surface area contributed by atoms with Crippen molar-refractivity contribution in [3.63, 3.8) is 0 Å². The maximum Gasteiger partial charge on any atom is 0.187 e. The van der Waals surface area contributed by atoms with Gasteiger partial charge < -0.3 is 4.90 Å². The highest BCUT2D eigenvalue weighted by molar-refractivity contribution is 9.10. The third kappa shape index (κ3) is 3.21. The predicted molar refractivity (Wildman–Crippen MR) is 98.0 cm³/mol. The Morgan fingerprint density at radius 1 is 1.20 bits per heavy atom. The summed E-state index contributed by atoms with van der Waals surface area (Å²) in [4.78, 5) is 13.3. The van der Waals surface area contributed by atoms with E-state index in [2.05, 4.69) is 58.0 Å². The Kier molecular flexibility index (Phi) is 4.34. The number of aromatic nitrogens is 4. The average Bonchev–Trinajstić information content (AvgIpc) is 3.04. The molecule has 0 bridgehead atoms. The number of nitrogens with zero attached hydrogens (tertiary/aromatic N) is 6. The van der Waals surface area contributed by atoms with E-state index in [1.165, 1.54) is 5.56 Å². The Labute approximate surface area is 153 Å². The van der Waals surface area contributed by atoms with Gasteiger partial charge in [-0.25, -0.2) is 9.97 Å². The van der Waals surface area contributed by atoms with Gasteiger partial charge in [0.25, 0.3) is 0 Å². The van der Waals surface area contributed by atoms with Crippen molar-refractivity contribution < 1.29 is 0 Å². The van der Waals surface area contributed by atoms with Crippen molar-refractivity contribution in [2.24, 2.45) is 0 Å². The fourth-order valence-corrected chi connectivity index (χ4v) is 3.60.